The molecule has 3 rings (SSSR count). The Morgan fingerprint density at radius 1 is 1.52 bits per heavy atom. The minimum atomic E-state index is 0.0384. The number of nitrogens with two attached hydrogens (primary N) is 1. The van der Waals surface area contributed by atoms with Crippen LogP contribution in [0.4, 0.5) is 0 Å². The summed E-state index contributed by atoms with van der Waals surface area (Å²) in [5, 5.41) is 0. The molecular formula is C16H20N2O3. The number of benzene rings is 1. The van der Waals surface area contributed by atoms with Gasteiger partial charge in [0.15, 0.2) is 0 Å². The topological polar surface area (TPSA) is 64.8 Å². The molecule has 1 aromatic carbocycles. The minimum absolute atomic E-state index is 0.0384. The van der Waals surface area contributed by atoms with Gasteiger partial charge in [0.05, 0.1) is 12.7 Å². The highest BCUT2D eigenvalue weighted by Crippen LogP contribution is 2.31. The lowest BCUT2D eigenvalue weighted by molar-refractivity contribution is -0.128. The highest BCUT2D eigenvalue weighted by atomic mass is 16.5. The van der Waals surface area contributed by atoms with Crippen LogP contribution in [0.5, 0.6) is 11.5 Å². The van der Waals surface area contributed by atoms with E-state index in [1.807, 2.05) is 29.2 Å². The standard InChI is InChI=1S/C16H20N2O3/c1-20-14-4-5-15-11(8-14)7-12(10-21-15)16(19)18-6-2-3-13(18)9-17/h4-5,7-8,13H,2-3,6,9-10,17H2,1H3. The molecule has 0 radical (unpaired) electrons. The predicted molar refractivity (Wildman–Crippen MR) is 80.3 cm³/mol. The van der Waals surface area contributed by atoms with Gasteiger partial charge in [0.2, 0.25) is 0 Å². The van der Waals surface area contributed by atoms with Crippen molar-refractivity contribution in [2.45, 2.75) is 18.9 Å². The second-order valence-electron chi connectivity index (χ2n) is 5.39. The van der Waals surface area contributed by atoms with Gasteiger partial charge in [0, 0.05) is 24.7 Å². The fourth-order valence-corrected chi connectivity index (χ4v) is 2.94. The third-order valence-electron chi connectivity index (χ3n) is 4.11. The first-order chi connectivity index (χ1) is 10.2. The molecule has 21 heavy (non-hydrogen) atoms. The molecule has 2 N–H and O–H groups in total. The molecule has 2 aliphatic rings. The molecular weight excluding hydrogens is 268 g/mol. The van der Waals surface area contributed by atoms with E-state index >= 15 is 0 Å². The second kappa shape index (κ2) is 5.77. The number of methoxy groups -OCH3 is 1. The van der Waals surface area contributed by atoms with Gasteiger partial charge in [-0.2, -0.15) is 0 Å². The van der Waals surface area contributed by atoms with Gasteiger partial charge in [-0.15, -0.1) is 0 Å². The molecule has 1 fully saturated rings. The zero-order valence-electron chi connectivity index (χ0n) is 12.2. The van der Waals surface area contributed by atoms with Gasteiger partial charge >= 0.3 is 0 Å². The number of carbonyl (C=O) groups excluding carboxylic acids is 1. The third-order valence-corrected chi connectivity index (χ3v) is 4.11. The maximum Gasteiger partial charge on any atom is 0.253 e. The number of hydrogen-bond acceptors (Lipinski definition) is 4. The van der Waals surface area contributed by atoms with Gasteiger partial charge in [-0.05, 0) is 37.1 Å². The normalized spacial score (nSPS) is 20.6. The van der Waals surface area contributed by atoms with E-state index in [0.29, 0.717) is 18.7 Å². The Labute approximate surface area is 124 Å². The van der Waals surface area contributed by atoms with E-state index in [4.69, 9.17) is 15.2 Å². The third kappa shape index (κ3) is 2.61. The van der Waals surface area contributed by atoms with E-state index in [2.05, 4.69) is 0 Å². The van der Waals surface area contributed by atoms with Gasteiger partial charge < -0.3 is 20.1 Å². The summed E-state index contributed by atoms with van der Waals surface area (Å²) in [6.07, 6.45) is 3.91. The fourth-order valence-electron chi connectivity index (χ4n) is 2.94. The zero-order valence-corrected chi connectivity index (χ0v) is 12.2. The van der Waals surface area contributed by atoms with Gasteiger partial charge in [-0.25, -0.2) is 0 Å². The Bertz CT molecular complexity index is 583. The van der Waals surface area contributed by atoms with Gasteiger partial charge in [0.25, 0.3) is 5.91 Å². The van der Waals surface area contributed by atoms with Crippen LogP contribution in [0.2, 0.25) is 0 Å². The largest absolute Gasteiger partial charge is 0.497 e. The summed E-state index contributed by atoms with van der Waals surface area (Å²) in [6.45, 7) is 1.61. The van der Waals surface area contributed by atoms with E-state index in [-0.39, 0.29) is 11.9 Å². The molecule has 5 nitrogen and oxygen atoms in total. The van der Waals surface area contributed by atoms with Crippen molar-refractivity contribution in [3.8, 4) is 11.5 Å². The lowest BCUT2D eigenvalue weighted by Crippen LogP contribution is -2.41. The Kier molecular flexibility index (Phi) is 3.84. The number of likely N-dealkylation sites (tertiary alicyclic amines) is 1. The molecule has 1 unspecified atom stereocenters. The van der Waals surface area contributed by atoms with Crippen LogP contribution in [-0.4, -0.2) is 43.7 Å². The maximum absolute atomic E-state index is 12.6. The van der Waals surface area contributed by atoms with Crippen molar-refractivity contribution in [1.29, 1.82) is 0 Å². The summed E-state index contributed by atoms with van der Waals surface area (Å²) >= 11 is 0. The Hall–Kier alpha value is -2.01. The average Bonchev–Trinajstić information content (AvgIpc) is 3.01. The van der Waals surface area contributed by atoms with Crippen molar-refractivity contribution in [3.63, 3.8) is 0 Å². The summed E-state index contributed by atoms with van der Waals surface area (Å²) in [5.41, 5.74) is 7.30. The Morgan fingerprint density at radius 3 is 3.14 bits per heavy atom. The van der Waals surface area contributed by atoms with Crippen LogP contribution in [0, 0.1) is 0 Å². The number of hydrogen-bond donors (Lipinski definition) is 1. The molecule has 1 aromatic rings. The van der Waals surface area contributed by atoms with E-state index in [9.17, 15) is 4.79 Å². The van der Waals surface area contributed by atoms with Crippen molar-refractivity contribution < 1.29 is 14.3 Å². The number of ether oxygens (including phenoxy) is 2. The number of carbonyl (C=O) groups is 1. The molecule has 1 saturated heterocycles. The maximum atomic E-state index is 12.6. The van der Waals surface area contributed by atoms with Crippen molar-refractivity contribution in [1.82, 2.24) is 4.90 Å². The molecule has 5 heteroatoms. The first-order valence-electron chi connectivity index (χ1n) is 7.25. The van der Waals surface area contributed by atoms with Crippen molar-refractivity contribution in [2.24, 2.45) is 5.73 Å². The first-order valence-corrected chi connectivity index (χ1v) is 7.25. The summed E-state index contributed by atoms with van der Waals surface area (Å²) in [5.74, 6) is 1.57. The molecule has 0 aliphatic carbocycles. The summed E-state index contributed by atoms with van der Waals surface area (Å²) in [6, 6.07) is 5.76. The van der Waals surface area contributed by atoms with Crippen LogP contribution in [0.25, 0.3) is 6.08 Å². The van der Waals surface area contributed by atoms with Crippen LogP contribution in [0.3, 0.4) is 0 Å². The number of fused-ring (bicyclic) bond motifs is 1. The molecule has 1 atom stereocenters. The average molecular weight is 288 g/mol. The molecule has 0 aromatic heterocycles. The van der Waals surface area contributed by atoms with Gasteiger partial charge in [0.1, 0.15) is 18.1 Å². The van der Waals surface area contributed by atoms with Crippen molar-refractivity contribution in [3.05, 3.63) is 29.3 Å². The van der Waals surface area contributed by atoms with Crippen LogP contribution >= 0.6 is 0 Å². The zero-order chi connectivity index (χ0) is 14.8. The SMILES string of the molecule is COc1ccc2c(c1)C=C(C(=O)N1CCCC1CN)CO2. The molecule has 2 heterocycles. The molecule has 0 bridgehead atoms. The number of amides is 1. The highest BCUT2D eigenvalue weighted by Gasteiger charge is 2.30. The molecule has 0 spiro atoms. The molecule has 1 amide bonds. The van der Waals surface area contributed by atoms with Crippen molar-refractivity contribution >= 4 is 12.0 Å². The summed E-state index contributed by atoms with van der Waals surface area (Å²) < 4.78 is 10.9. The predicted octanol–water partition coefficient (Wildman–Crippen LogP) is 1.42. The van der Waals surface area contributed by atoms with E-state index in [1.54, 1.807) is 7.11 Å². The molecule has 0 saturated carbocycles. The summed E-state index contributed by atoms with van der Waals surface area (Å²) in [7, 11) is 1.62. The smallest absolute Gasteiger partial charge is 0.253 e. The molecule has 112 valence electrons. The fraction of sp³-hybridized carbons (Fsp3) is 0.438. The minimum Gasteiger partial charge on any atom is -0.497 e. The Balaban J connectivity index is 1.85. The number of nitrogens with zero attached hydrogens (tertiary/aromatic N) is 1. The lowest BCUT2D eigenvalue weighted by Gasteiger charge is -2.26. The van der Waals surface area contributed by atoms with E-state index in [1.165, 1.54) is 0 Å². The van der Waals surface area contributed by atoms with E-state index in [0.717, 1.165) is 36.4 Å². The first kappa shape index (κ1) is 13.9. The van der Waals surface area contributed by atoms with Crippen LogP contribution in [0.15, 0.2) is 23.8 Å². The van der Waals surface area contributed by atoms with Crippen LogP contribution < -0.4 is 15.2 Å². The second-order valence-corrected chi connectivity index (χ2v) is 5.39. The Morgan fingerprint density at radius 2 is 2.38 bits per heavy atom. The number of rotatable bonds is 3. The lowest BCUT2D eigenvalue weighted by atomic mass is 10.1. The molecule has 2 aliphatic heterocycles. The van der Waals surface area contributed by atoms with Crippen LogP contribution in [-0.2, 0) is 4.79 Å². The summed E-state index contributed by atoms with van der Waals surface area (Å²) in [4.78, 5) is 14.5. The van der Waals surface area contributed by atoms with E-state index < -0.39 is 0 Å². The highest BCUT2D eigenvalue weighted by molar-refractivity contribution is 5.99. The van der Waals surface area contributed by atoms with Gasteiger partial charge in [-0.3, -0.25) is 4.79 Å². The van der Waals surface area contributed by atoms with Crippen molar-refractivity contribution in [2.75, 3.05) is 26.8 Å². The quantitative estimate of drug-likeness (QED) is 0.913. The van der Waals surface area contributed by atoms with Gasteiger partial charge in [-0.1, -0.05) is 0 Å². The van der Waals surface area contributed by atoms with Crippen LogP contribution in [0.1, 0.15) is 18.4 Å². The monoisotopic (exact) mass is 288 g/mol.